The lowest BCUT2D eigenvalue weighted by Crippen LogP contribution is -2.44. The van der Waals surface area contributed by atoms with Crippen LogP contribution in [0.2, 0.25) is 0 Å². The average molecular weight is 168 g/mol. The zero-order valence-electron chi connectivity index (χ0n) is 7.68. The first-order valence-corrected chi connectivity index (χ1v) is 4.54. The van der Waals surface area contributed by atoms with Crippen LogP contribution in [0.15, 0.2) is 0 Å². The third kappa shape index (κ3) is 1.22. The molecule has 3 nitrogen and oxygen atoms in total. The van der Waals surface area contributed by atoms with Gasteiger partial charge in [0.05, 0.1) is 5.54 Å². The fourth-order valence-electron chi connectivity index (χ4n) is 1.38. The summed E-state index contributed by atoms with van der Waals surface area (Å²) >= 11 is 0. The van der Waals surface area contributed by atoms with Crippen LogP contribution in [0.1, 0.15) is 33.1 Å². The van der Waals surface area contributed by atoms with E-state index in [-0.39, 0.29) is 5.91 Å². The number of nitrogens with two attached hydrogens (primary N) is 1. The van der Waals surface area contributed by atoms with Gasteiger partial charge in [-0.1, -0.05) is 13.8 Å². The first-order valence-electron chi connectivity index (χ1n) is 4.54. The van der Waals surface area contributed by atoms with Gasteiger partial charge in [0.1, 0.15) is 0 Å². The molecule has 0 spiro atoms. The van der Waals surface area contributed by atoms with Crippen LogP contribution in [0.3, 0.4) is 0 Å². The molecular weight excluding hydrogens is 152 g/mol. The van der Waals surface area contributed by atoms with E-state index in [1.165, 1.54) is 0 Å². The van der Waals surface area contributed by atoms with Gasteiger partial charge in [0, 0.05) is 6.04 Å². The minimum Gasteiger partial charge on any atom is -0.351 e. The topological polar surface area (TPSA) is 55.1 Å². The number of amides is 1. The van der Waals surface area contributed by atoms with E-state index < -0.39 is 5.54 Å². The average Bonchev–Trinajstić information content (AvgIpc) is 2.77. The quantitative estimate of drug-likeness (QED) is 0.626. The van der Waals surface area contributed by atoms with Crippen LogP contribution in [0.4, 0.5) is 0 Å². The Kier molecular flexibility index (Phi) is 1.35. The monoisotopic (exact) mass is 168 g/mol. The van der Waals surface area contributed by atoms with Gasteiger partial charge < -0.3 is 11.1 Å². The summed E-state index contributed by atoms with van der Waals surface area (Å²) in [6.07, 6.45) is 2.80. The predicted octanol–water partition coefficient (Wildman–Crippen LogP) is 0.392. The second-order valence-electron chi connectivity index (χ2n) is 4.87. The molecule has 1 atom stereocenters. The lowest BCUT2D eigenvalue weighted by Gasteiger charge is -2.10. The molecule has 1 amide bonds. The number of nitrogens with one attached hydrogen (secondary N) is 1. The van der Waals surface area contributed by atoms with Crippen LogP contribution >= 0.6 is 0 Å². The fraction of sp³-hybridized carbons (Fsp3) is 0.889. The lowest BCUT2D eigenvalue weighted by molar-refractivity contribution is -0.123. The van der Waals surface area contributed by atoms with Crippen LogP contribution in [0.25, 0.3) is 0 Å². The smallest absolute Gasteiger partial charge is 0.240 e. The molecule has 3 N–H and O–H groups in total. The molecule has 0 heterocycles. The minimum absolute atomic E-state index is 0.0538. The van der Waals surface area contributed by atoms with Crippen molar-refractivity contribution < 1.29 is 4.79 Å². The van der Waals surface area contributed by atoms with Gasteiger partial charge in [0.25, 0.3) is 0 Å². The van der Waals surface area contributed by atoms with E-state index >= 15 is 0 Å². The molecule has 12 heavy (non-hydrogen) atoms. The molecule has 0 bridgehead atoms. The first kappa shape index (κ1) is 8.05. The predicted molar refractivity (Wildman–Crippen MR) is 46.5 cm³/mol. The van der Waals surface area contributed by atoms with Gasteiger partial charge >= 0.3 is 0 Å². The van der Waals surface area contributed by atoms with E-state index in [2.05, 4.69) is 19.2 Å². The molecule has 2 aliphatic rings. The Bertz CT molecular complexity index is 231. The standard InChI is InChI=1S/C9H16N2O/c1-8(2)5-6(8)11-7(12)9(10)3-4-9/h6H,3-5,10H2,1-2H3,(H,11,12). The van der Waals surface area contributed by atoms with Crippen molar-refractivity contribution in [1.29, 1.82) is 0 Å². The van der Waals surface area contributed by atoms with Crippen LogP contribution < -0.4 is 11.1 Å². The van der Waals surface area contributed by atoms with E-state index in [4.69, 9.17) is 5.73 Å². The molecule has 68 valence electrons. The highest BCUT2D eigenvalue weighted by molar-refractivity contribution is 5.89. The van der Waals surface area contributed by atoms with Crippen molar-refractivity contribution in [1.82, 2.24) is 5.32 Å². The maximum atomic E-state index is 11.4. The Labute approximate surface area is 72.7 Å². The first-order chi connectivity index (χ1) is 5.44. The Hall–Kier alpha value is -0.570. The molecule has 2 fully saturated rings. The van der Waals surface area contributed by atoms with Crippen LogP contribution in [-0.2, 0) is 4.79 Å². The summed E-state index contributed by atoms with van der Waals surface area (Å²) in [5.41, 5.74) is 5.55. The van der Waals surface area contributed by atoms with E-state index in [1.54, 1.807) is 0 Å². The number of carbonyl (C=O) groups is 1. The molecule has 0 aromatic heterocycles. The summed E-state index contributed by atoms with van der Waals surface area (Å²) in [5.74, 6) is 0.0538. The number of rotatable bonds is 2. The van der Waals surface area contributed by atoms with Gasteiger partial charge in [-0.15, -0.1) is 0 Å². The maximum absolute atomic E-state index is 11.4. The molecule has 1 unspecified atom stereocenters. The largest absolute Gasteiger partial charge is 0.351 e. The molecule has 0 saturated heterocycles. The molecular formula is C9H16N2O. The Morgan fingerprint density at radius 2 is 2.00 bits per heavy atom. The molecule has 0 aliphatic heterocycles. The molecule has 0 aromatic rings. The molecule has 2 rings (SSSR count). The summed E-state index contributed by atoms with van der Waals surface area (Å²) < 4.78 is 0. The second kappa shape index (κ2) is 2.02. The Morgan fingerprint density at radius 1 is 1.50 bits per heavy atom. The zero-order valence-corrected chi connectivity index (χ0v) is 7.68. The minimum atomic E-state index is -0.501. The van der Waals surface area contributed by atoms with Gasteiger partial charge in [0.2, 0.25) is 5.91 Å². The van der Waals surface area contributed by atoms with Crippen LogP contribution in [-0.4, -0.2) is 17.5 Å². The summed E-state index contributed by atoms with van der Waals surface area (Å²) in [6.45, 7) is 4.32. The molecule has 0 aromatic carbocycles. The van der Waals surface area contributed by atoms with Crippen LogP contribution in [0, 0.1) is 5.41 Å². The van der Waals surface area contributed by atoms with Crippen LogP contribution in [0.5, 0.6) is 0 Å². The SMILES string of the molecule is CC1(C)CC1NC(=O)C1(N)CC1. The van der Waals surface area contributed by atoms with Crippen molar-refractivity contribution in [2.75, 3.05) is 0 Å². The van der Waals surface area contributed by atoms with Gasteiger partial charge in [-0.05, 0) is 24.7 Å². The normalized spacial score (nSPS) is 34.1. The highest BCUT2D eigenvalue weighted by Gasteiger charge is 2.52. The molecule has 2 aliphatic carbocycles. The maximum Gasteiger partial charge on any atom is 0.240 e. The van der Waals surface area contributed by atoms with Crippen molar-refractivity contribution in [3.63, 3.8) is 0 Å². The van der Waals surface area contributed by atoms with Gasteiger partial charge in [-0.25, -0.2) is 0 Å². The van der Waals surface area contributed by atoms with E-state index in [0.717, 1.165) is 19.3 Å². The van der Waals surface area contributed by atoms with Crippen molar-refractivity contribution >= 4 is 5.91 Å². The zero-order chi connectivity index (χ0) is 8.98. The summed E-state index contributed by atoms with van der Waals surface area (Å²) in [4.78, 5) is 11.4. The third-order valence-corrected chi connectivity index (χ3v) is 3.06. The van der Waals surface area contributed by atoms with E-state index in [1.807, 2.05) is 0 Å². The highest BCUT2D eigenvalue weighted by Crippen LogP contribution is 2.45. The van der Waals surface area contributed by atoms with E-state index in [9.17, 15) is 4.79 Å². The summed E-state index contributed by atoms with van der Waals surface area (Å²) in [6, 6.07) is 0.367. The summed E-state index contributed by atoms with van der Waals surface area (Å²) in [5, 5.41) is 2.98. The molecule has 3 heteroatoms. The molecule has 0 radical (unpaired) electrons. The molecule has 2 saturated carbocycles. The fourth-order valence-corrected chi connectivity index (χ4v) is 1.38. The van der Waals surface area contributed by atoms with Gasteiger partial charge in [-0.2, -0.15) is 0 Å². The summed E-state index contributed by atoms with van der Waals surface area (Å²) in [7, 11) is 0. The van der Waals surface area contributed by atoms with Crippen molar-refractivity contribution in [2.24, 2.45) is 11.1 Å². The highest BCUT2D eigenvalue weighted by atomic mass is 16.2. The van der Waals surface area contributed by atoms with Crippen molar-refractivity contribution in [3.05, 3.63) is 0 Å². The number of carbonyl (C=O) groups excluding carboxylic acids is 1. The third-order valence-electron chi connectivity index (χ3n) is 3.06. The van der Waals surface area contributed by atoms with Crippen molar-refractivity contribution in [2.45, 2.75) is 44.7 Å². The lowest BCUT2D eigenvalue weighted by atomic mass is 10.2. The van der Waals surface area contributed by atoms with E-state index in [0.29, 0.717) is 11.5 Å². The number of hydrogen-bond acceptors (Lipinski definition) is 2. The van der Waals surface area contributed by atoms with Gasteiger partial charge in [-0.3, -0.25) is 4.79 Å². The number of hydrogen-bond donors (Lipinski definition) is 2. The van der Waals surface area contributed by atoms with Gasteiger partial charge in [0.15, 0.2) is 0 Å². The second-order valence-corrected chi connectivity index (χ2v) is 4.87. The Balaban J connectivity index is 1.85. The Morgan fingerprint density at radius 3 is 2.33 bits per heavy atom. The van der Waals surface area contributed by atoms with Crippen molar-refractivity contribution in [3.8, 4) is 0 Å².